The summed E-state index contributed by atoms with van der Waals surface area (Å²) in [6.45, 7) is 8.76. The maximum atomic E-state index is 3.45. The SMILES string of the molecule is CCCCc1ccc([C](=[Zr+2])c2ccc(CCCC)cc2)cc1.Cc1[c-]c2c(cc1)-c1ccc(C)cc1C2.[Cl-].[Cl-].c1cc[cH-]c1. The maximum absolute atomic E-state index is 3.45. The molecule has 0 aromatic heterocycles. The first-order chi connectivity index (χ1) is 20.5. The Labute approximate surface area is 293 Å². The van der Waals surface area contributed by atoms with E-state index in [9.17, 15) is 0 Å². The molecule has 1 aliphatic rings. The van der Waals surface area contributed by atoms with Gasteiger partial charge in [-0.05, 0) is 18.9 Å². The molecule has 1 aliphatic carbocycles. The molecule has 0 bridgehead atoms. The summed E-state index contributed by atoms with van der Waals surface area (Å²) in [4.78, 5) is 0. The molecule has 0 nitrogen and oxygen atoms in total. The van der Waals surface area contributed by atoms with Crippen LogP contribution in [0.2, 0.25) is 0 Å². The first-order valence-corrected chi connectivity index (χ1v) is 16.8. The number of aryl methyl sites for hydroxylation is 4. The largest absolute Gasteiger partial charge is 1.00 e. The summed E-state index contributed by atoms with van der Waals surface area (Å²) in [7, 11) is 0. The zero-order chi connectivity index (χ0) is 29.7. The molecule has 5 aromatic rings. The second-order valence-electron chi connectivity index (χ2n) is 11.3. The van der Waals surface area contributed by atoms with Crippen LogP contribution in [0.3, 0.4) is 0 Å². The van der Waals surface area contributed by atoms with E-state index in [-0.39, 0.29) is 24.8 Å². The molecule has 0 heterocycles. The third-order valence-electron chi connectivity index (χ3n) is 7.77. The zero-order valence-electron chi connectivity index (χ0n) is 26.6. The summed E-state index contributed by atoms with van der Waals surface area (Å²) in [5.74, 6) is 0. The van der Waals surface area contributed by atoms with Crippen molar-refractivity contribution in [3.8, 4) is 11.1 Å². The minimum atomic E-state index is 0. The molecule has 0 saturated carbocycles. The molecule has 0 N–H and O–H groups in total. The van der Waals surface area contributed by atoms with E-state index in [4.69, 9.17) is 0 Å². The summed E-state index contributed by atoms with van der Waals surface area (Å²) in [5.41, 5.74) is 13.8. The normalized spacial score (nSPS) is 10.5. The minimum Gasteiger partial charge on any atom is -1.00 e. The molecule has 0 amide bonds. The van der Waals surface area contributed by atoms with E-state index >= 15 is 0 Å². The van der Waals surface area contributed by atoms with Crippen LogP contribution in [0, 0.1) is 19.9 Å². The number of fused-ring (bicyclic) bond motifs is 3. The molecule has 44 heavy (non-hydrogen) atoms. The average molecular weight is 699 g/mol. The van der Waals surface area contributed by atoms with Crippen molar-refractivity contribution in [3.63, 3.8) is 0 Å². The number of rotatable bonds is 8. The van der Waals surface area contributed by atoms with Crippen molar-refractivity contribution in [1.82, 2.24) is 0 Å². The second-order valence-corrected chi connectivity index (χ2v) is 12.5. The van der Waals surface area contributed by atoms with E-state index in [0.717, 1.165) is 6.42 Å². The van der Waals surface area contributed by atoms with Gasteiger partial charge in [0.15, 0.2) is 0 Å². The van der Waals surface area contributed by atoms with Gasteiger partial charge in [0.2, 0.25) is 0 Å². The molecule has 0 radical (unpaired) electrons. The molecule has 3 heteroatoms. The Balaban J connectivity index is 0.000000264. The summed E-state index contributed by atoms with van der Waals surface area (Å²) < 4.78 is 1.45. The summed E-state index contributed by atoms with van der Waals surface area (Å²) in [6, 6.07) is 42.9. The van der Waals surface area contributed by atoms with Gasteiger partial charge in [-0.2, -0.15) is 42.0 Å². The van der Waals surface area contributed by atoms with Crippen molar-refractivity contribution in [1.29, 1.82) is 0 Å². The summed E-state index contributed by atoms with van der Waals surface area (Å²) in [6.07, 6.45) is 8.56. The van der Waals surface area contributed by atoms with Crippen molar-refractivity contribution < 1.29 is 49.0 Å². The van der Waals surface area contributed by atoms with Gasteiger partial charge >= 0.3 is 151 Å². The van der Waals surface area contributed by atoms with Crippen LogP contribution < -0.4 is 24.8 Å². The monoisotopic (exact) mass is 696 g/mol. The number of unbranched alkanes of at least 4 members (excludes halogenated alkanes) is 2. The van der Waals surface area contributed by atoms with Crippen LogP contribution in [0.5, 0.6) is 0 Å². The molecule has 0 saturated heterocycles. The van der Waals surface area contributed by atoms with Crippen molar-refractivity contribution in [2.45, 2.75) is 72.6 Å². The third kappa shape index (κ3) is 11.2. The topological polar surface area (TPSA) is 0 Å². The van der Waals surface area contributed by atoms with Crippen molar-refractivity contribution in [2.75, 3.05) is 0 Å². The van der Waals surface area contributed by atoms with Gasteiger partial charge in [-0.25, -0.2) is 12.1 Å². The first-order valence-electron chi connectivity index (χ1n) is 15.5. The Bertz CT molecular complexity index is 1410. The van der Waals surface area contributed by atoms with E-state index in [2.05, 4.69) is 113 Å². The number of hydrogen-bond donors (Lipinski definition) is 0. The van der Waals surface area contributed by atoms with Crippen LogP contribution in [0.1, 0.15) is 84.0 Å². The fourth-order valence-corrected chi connectivity index (χ4v) is 6.11. The van der Waals surface area contributed by atoms with Crippen molar-refractivity contribution in [2.24, 2.45) is 0 Å². The third-order valence-corrected chi connectivity index (χ3v) is 9.19. The van der Waals surface area contributed by atoms with Crippen LogP contribution in [0.4, 0.5) is 0 Å². The summed E-state index contributed by atoms with van der Waals surface area (Å²) in [5, 5.41) is 0. The quantitative estimate of drug-likeness (QED) is 0.205. The molecule has 5 aromatic carbocycles. The molecule has 6 rings (SSSR count). The first kappa shape index (κ1) is 37.7. The fraction of sp³-hybridized carbons (Fsp3) is 0.268. The predicted octanol–water partition coefficient (Wildman–Crippen LogP) is 4.58. The Hall–Kier alpha value is -2.44. The van der Waals surface area contributed by atoms with Gasteiger partial charge in [-0.3, -0.25) is 0 Å². The molecule has 0 aliphatic heterocycles. The van der Waals surface area contributed by atoms with Gasteiger partial charge < -0.3 is 24.8 Å². The minimum absolute atomic E-state index is 0. The number of hydrogen-bond acceptors (Lipinski definition) is 0. The molecule has 0 fully saturated rings. The number of benzene rings is 4. The summed E-state index contributed by atoms with van der Waals surface area (Å²) >= 11 is 1.48. The zero-order valence-corrected chi connectivity index (χ0v) is 30.6. The molecular formula is C41H44Cl2Zr-2. The van der Waals surface area contributed by atoms with E-state index in [1.807, 2.05) is 30.3 Å². The van der Waals surface area contributed by atoms with Crippen LogP contribution in [0.15, 0.2) is 109 Å². The maximum Gasteiger partial charge on any atom is -0.0253 e. The van der Waals surface area contributed by atoms with E-state index in [0.29, 0.717) is 0 Å². The average Bonchev–Trinajstić information content (AvgIpc) is 3.71. The van der Waals surface area contributed by atoms with Gasteiger partial charge in [0.05, 0.1) is 0 Å². The second kappa shape index (κ2) is 19.8. The van der Waals surface area contributed by atoms with Crippen LogP contribution in [0.25, 0.3) is 11.1 Å². The Morgan fingerprint density at radius 1 is 0.705 bits per heavy atom. The molecule has 0 atom stereocenters. The van der Waals surface area contributed by atoms with E-state index < -0.39 is 0 Å². The Morgan fingerprint density at radius 3 is 1.70 bits per heavy atom. The molecule has 0 spiro atoms. The Morgan fingerprint density at radius 2 is 1.23 bits per heavy atom. The van der Waals surface area contributed by atoms with Crippen LogP contribution in [-0.2, 0) is 43.5 Å². The van der Waals surface area contributed by atoms with E-state index in [1.165, 1.54) is 122 Å². The van der Waals surface area contributed by atoms with Gasteiger partial charge in [0.1, 0.15) is 0 Å². The van der Waals surface area contributed by atoms with Crippen LogP contribution >= 0.6 is 0 Å². The van der Waals surface area contributed by atoms with Gasteiger partial charge in [0, 0.05) is 0 Å². The van der Waals surface area contributed by atoms with Gasteiger partial charge in [-0.1, -0.05) is 36.2 Å². The van der Waals surface area contributed by atoms with Crippen molar-refractivity contribution in [3.05, 3.63) is 160 Å². The molecule has 228 valence electrons. The van der Waals surface area contributed by atoms with Gasteiger partial charge in [0.25, 0.3) is 0 Å². The standard InChI is InChI=1S/C21H26.C15H13.C5H5.2ClH.Zr/c1-3-5-7-18-9-13-20(14-10-18)17-21-15-11-19(12-16-21)8-6-4-2;1-10-3-5-14-12(7-10)9-13-8-11(2)4-6-15(13)14;1-2-4-5-3-1;;;/h9-16H,3-8H2,1-2H3;3-7H,9H2,1-2H3;1-5H;2*1H;/q;2*-1;;;+2/p-2. The van der Waals surface area contributed by atoms with Gasteiger partial charge in [-0.15, -0.1) is 11.1 Å². The number of halogens is 2. The fourth-order valence-electron chi connectivity index (χ4n) is 5.30. The van der Waals surface area contributed by atoms with E-state index in [1.54, 1.807) is 0 Å². The Kier molecular flexibility index (Phi) is 17.0. The molecule has 0 unspecified atom stereocenters. The van der Waals surface area contributed by atoms with Crippen molar-refractivity contribution >= 4 is 3.21 Å². The molecular weight excluding hydrogens is 655 g/mol. The predicted molar refractivity (Wildman–Crippen MR) is 178 cm³/mol. The smallest absolute Gasteiger partial charge is 0.0253 e. The van der Waals surface area contributed by atoms with Crippen LogP contribution in [-0.4, -0.2) is 3.21 Å².